The van der Waals surface area contributed by atoms with Gasteiger partial charge in [0.25, 0.3) is 0 Å². The van der Waals surface area contributed by atoms with Crippen LogP contribution in [-0.4, -0.2) is 17.6 Å². The molecule has 5 nitrogen and oxygen atoms in total. The van der Waals surface area contributed by atoms with Crippen molar-refractivity contribution in [3.8, 4) is 6.07 Å². The number of rotatable bonds is 5. The lowest BCUT2D eigenvalue weighted by atomic mass is 9.87. The van der Waals surface area contributed by atoms with Crippen molar-refractivity contribution in [3.05, 3.63) is 75.5 Å². The van der Waals surface area contributed by atoms with E-state index in [1.54, 1.807) is 24.3 Å². The molecule has 2 N–H and O–H groups in total. The summed E-state index contributed by atoms with van der Waals surface area (Å²) in [6, 6.07) is 14.5. The summed E-state index contributed by atoms with van der Waals surface area (Å²) < 4.78 is 12.9. The average Bonchev–Trinajstić information content (AvgIpc) is 2.68. The van der Waals surface area contributed by atoms with Crippen LogP contribution in [0.4, 0.5) is 10.1 Å². The molecule has 8 heteroatoms. The molecule has 0 aliphatic carbocycles. The van der Waals surface area contributed by atoms with Gasteiger partial charge in [-0.1, -0.05) is 35.5 Å². The summed E-state index contributed by atoms with van der Waals surface area (Å²) in [5.74, 6) is -1.34. The Hall–Kier alpha value is -2.82. The normalized spacial score (nSPS) is 16.3. The Kier molecular flexibility index (Phi) is 6.34. The second-order valence-electron chi connectivity index (χ2n) is 6.05. The number of hydrogen-bond donors (Lipinski definition) is 2. The maximum atomic E-state index is 12.9. The summed E-state index contributed by atoms with van der Waals surface area (Å²) in [6.07, 6.45) is 0.149. The van der Waals surface area contributed by atoms with Crippen molar-refractivity contribution < 1.29 is 14.0 Å². The van der Waals surface area contributed by atoms with Gasteiger partial charge in [-0.3, -0.25) is 9.59 Å². The molecule has 0 aromatic heterocycles. The van der Waals surface area contributed by atoms with Gasteiger partial charge in [-0.15, -0.1) is 0 Å². The number of amides is 2. The van der Waals surface area contributed by atoms with Gasteiger partial charge in [-0.05, 0) is 42.0 Å². The highest BCUT2D eigenvalue weighted by Gasteiger charge is 2.29. The van der Waals surface area contributed by atoms with Crippen LogP contribution in [0.5, 0.6) is 0 Å². The fourth-order valence-electron chi connectivity index (χ4n) is 2.78. The van der Waals surface area contributed by atoms with Gasteiger partial charge in [0, 0.05) is 23.0 Å². The molecule has 1 heterocycles. The van der Waals surface area contributed by atoms with E-state index < -0.39 is 11.7 Å². The van der Waals surface area contributed by atoms with Crippen LogP contribution in [0.25, 0.3) is 0 Å². The van der Waals surface area contributed by atoms with E-state index in [0.29, 0.717) is 21.3 Å². The van der Waals surface area contributed by atoms with E-state index in [1.807, 2.05) is 0 Å². The number of anilines is 1. The fourth-order valence-corrected chi connectivity index (χ4v) is 3.78. The molecule has 142 valence electrons. The van der Waals surface area contributed by atoms with Crippen LogP contribution in [-0.2, 0) is 9.59 Å². The van der Waals surface area contributed by atoms with Crippen molar-refractivity contribution in [1.29, 1.82) is 5.26 Å². The Morgan fingerprint density at radius 2 is 1.93 bits per heavy atom. The number of carbonyl (C=O) groups excluding carboxylic acids is 2. The lowest BCUT2D eigenvalue weighted by molar-refractivity contribution is -0.121. The molecule has 3 rings (SSSR count). The molecule has 0 bridgehead atoms. The van der Waals surface area contributed by atoms with Crippen LogP contribution in [0.1, 0.15) is 17.9 Å². The second kappa shape index (κ2) is 8.91. The Morgan fingerprint density at radius 3 is 2.57 bits per heavy atom. The van der Waals surface area contributed by atoms with Crippen LogP contribution in [0.2, 0.25) is 5.02 Å². The number of allylic oxidation sites excluding steroid dienone is 1. The first-order valence-corrected chi connectivity index (χ1v) is 9.70. The molecule has 0 fully saturated rings. The Balaban J connectivity index is 1.73. The van der Waals surface area contributed by atoms with Crippen LogP contribution < -0.4 is 10.6 Å². The van der Waals surface area contributed by atoms with Crippen molar-refractivity contribution in [2.75, 3.05) is 11.1 Å². The van der Waals surface area contributed by atoms with Gasteiger partial charge in [0.05, 0.1) is 22.4 Å². The number of nitrogens with one attached hydrogen (secondary N) is 2. The number of hydrogen-bond acceptors (Lipinski definition) is 4. The first-order valence-electron chi connectivity index (χ1n) is 8.34. The Bertz CT molecular complexity index is 968. The Morgan fingerprint density at radius 1 is 1.25 bits per heavy atom. The van der Waals surface area contributed by atoms with E-state index in [9.17, 15) is 19.2 Å². The number of nitrogens with zero attached hydrogens (tertiary/aromatic N) is 1. The molecule has 0 radical (unpaired) electrons. The minimum Gasteiger partial charge on any atom is -0.325 e. The molecule has 0 spiro atoms. The summed E-state index contributed by atoms with van der Waals surface area (Å²) in [4.78, 5) is 24.3. The molecule has 1 atom stereocenters. The molecule has 2 aromatic rings. The zero-order valence-corrected chi connectivity index (χ0v) is 16.1. The highest BCUT2D eigenvalue weighted by molar-refractivity contribution is 8.03. The van der Waals surface area contributed by atoms with E-state index in [0.717, 1.165) is 17.3 Å². The van der Waals surface area contributed by atoms with Crippen molar-refractivity contribution in [1.82, 2.24) is 5.32 Å². The molecule has 0 saturated carbocycles. The molecule has 0 saturated heterocycles. The molecular formula is C20H15ClFN3O2S. The fraction of sp³-hybridized carbons (Fsp3) is 0.150. The predicted molar refractivity (Wildman–Crippen MR) is 107 cm³/mol. The van der Waals surface area contributed by atoms with E-state index >= 15 is 0 Å². The van der Waals surface area contributed by atoms with E-state index in [2.05, 4.69) is 16.7 Å². The molecule has 2 aromatic carbocycles. The summed E-state index contributed by atoms with van der Waals surface area (Å²) in [5.41, 5.74) is 1.68. The van der Waals surface area contributed by atoms with E-state index in [1.165, 1.54) is 24.3 Å². The second-order valence-corrected chi connectivity index (χ2v) is 7.48. The third kappa shape index (κ3) is 4.91. The largest absolute Gasteiger partial charge is 0.325 e. The number of thioether (sulfide) groups is 1. The average molecular weight is 416 g/mol. The maximum Gasteiger partial charge on any atom is 0.234 e. The lowest BCUT2D eigenvalue weighted by Crippen LogP contribution is -2.31. The van der Waals surface area contributed by atoms with Gasteiger partial charge in [0.1, 0.15) is 5.82 Å². The number of nitriles is 1. The minimum absolute atomic E-state index is 0.00843. The molecule has 1 aliphatic rings. The molecule has 2 amide bonds. The maximum absolute atomic E-state index is 12.9. The van der Waals surface area contributed by atoms with Crippen LogP contribution in [0, 0.1) is 17.1 Å². The first kappa shape index (κ1) is 19.9. The van der Waals surface area contributed by atoms with Crippen LogP contribution in [0.15, 0.2) is 59.1 Å². The van der Waals surface area contributed by atoms with Crippen molar-refractivity contribution >= 4 is 40.9 Å². The van der Waals surface area contributed by atoms with Gasteiger partial charge in [0.2, 0.25) is 11.8 Å². The van der Waals surface area contributed by atoms with Gasteiger partial charge >= 0.3 is 0 Å². The smallest absolute Gasteiger partial charge is 0.234 e. The number of halogens is 2. The summed E-state index contributed by atoms with van der Waals surface area (Å²) in [6.45, 7) is 0. The quantitative estimate of drug-likeness (QED) is 0.767. The van der Waals surface area contributed by atoms with Crippen LogP contribution in [0.3, 0.4) is 0 Å². The summed E-state index contributed by atoms with van der Waals surface area (Å²) in [5, 5.41) is 15.9. The van der Waals surface area contributed by atoms with Gasteiger partial charge in [-0.25, -0.2) is 4.39 Å². The summed E-state index contributed by atoms with van der Waals surface area (Å²) in [7, 11) is 0. The van der Waals surface area contributed by atoms with E-state index in [4.69, 9.17) is 11.6 Å². The predicted octanol–water partition coefficient (Wildman–Crippen LogP) is 4.19. The van der Waals surface area contributed by atoms with Crippen LogP contribution >= 0.6 is 23.4 Å². The van der Waals surface area contributed by atoms with Crippen molar-refractivity contribution in [2.45, 2.75) is 12.3 Å². The number of carbonyl (C=O) groups is 2. The minimum atomic E-state index is -0.394. The molecule has 28 heavy (non-hydrogen) atoms. The molecule has 0 unspecified atom stereocenters. The van der Waals surface area contributed by atoms with Gasteiger partial charge in [0.15, 0.2) is 0 Å². The molecular weight excluding hydrogens is 401 g/mol. The van der Waals surface area contributed by atoms with Gasteiger partial charge < -0.3 is 10.6 Å². The highest BCUT2D eigenvalue weighted by Crippen LogP contribution is 2.36. The third-order valence-corrected chi connectivity index (χ3v) is 5.37. The zero-order chi connectivity index (χ0) is 20.1. The SMILES string of the molecule is N#CC1=C(SCC(=O)Nc2ccc(F)cc2)NC(=O)C[C@H]1c1ccc(Cl)cc1. The standard InChI is InChI=1S/C20H15ClFN3O2S/c21-13-3-1-12(2-4-13)16-9-18(26)25-20(17(16)10-23)28-11-19(27)24-15-7-5-14(22)6-8-15/h1-8,16H,9,11H2,(H,24,27)(H,25,26)/t16-/m0/s1. The van der Waals surface area contributed by atoms with Crippen molar-refractivity contribution in [2.24, 2.45) is 0 Å². The number of benzene rings is 2. The first-order chi connectivity index (χ1) is 13.5. The summed E-state index contributed by atoms with van der Waals surface area (Å²) >= 11 is 6.99. The third-order valence-electron chi connectivity index (χ3n) is 4.10. The van der Waals surface area contributed by atoms with E-state index in [-0.39, 0.29) is 24.0 Å². The Labute approximate surface area is 170 Å². The molecule has 1 aliphatic heterocycles. The monoisotopic (exact) mass is 415 g/mol. The topological polar surface area (TPSA) is 82.0 Å². The van der Waals surface area contributed by atoms with Crippen molar-refractivity contribution in [3.63, 3.8) is 0 Å². The highest BCUT2D eigenvalue weighted by atomic mass is 35.5. The van der Waals surface area contributed by atoms with Gasteiger partial charge in [-0.2, -0.15) is 5.26 Å². The zero-order valence-electron chi connectivity index (χ0n) is 14.5. The lowest BCUT2D eigenvalue weighted by Gasteiger charge is -2.25.